The first-order valence-electron chi connectivity index (χ1n) is 5.40. The first-order chi connectivity index (χ1) is 8.01. The number of halogens is 1. The van der Waals surface area contributed by atoms with E-state index in [9.17, 15) is 14.5 Å². The molecule has 0 spiro atoms. The molecule has 0 radical (unpaired) electrons. The van der Waals surface area contributed by atoms with E-state index in [1.165, 1.54) is 6.07 Å². The van der Waals surface area contributed by atoms with E-state index >= 15 is 0 Å². The summed E-state index contributed by atoms with van der Waals surface area (Å²) >= 11 is 0. The molecule has 0 bridgehead atoms. The smallest absolute Gasteiger partial charge is 0.295 e. The molecular formula is C11H16FN3O2. The molecule has 0 unspecified atom stereocenters. The van der Waals surface area contributed by atoms with Crippen LogP contribution in [-0.2, 0) is 0 Å². The highest BCUT2D eigenvalue weighted by atomic mass is 19.1. The van der Waals surface area contributed by atoms with E-state index in [2.05, 4.69) is 0 Å². The third kappa shape index (κ3) is 2.91. The van der Waals surface area contributed by atoms with Crippen molar-refractivity contribution in [2.24, 2.45) is 5.73 Å². The molecule has 17 heavy (non-hydrogen) atoms. The van der Waals surface area contributed by atoms with Gasteiger partial charge in [0.1, 0.15) is 11.5 Å². The molecule has 0 atom stereocenters. The maximum Gasteiger partial charge on any atom is 0.295 e. The molecule has 2 N–H and O–H groups in total. The van der Waals surface area contributed by atoms with Crippen molar-refractivity contribution in [3.8, 4) is 0 Å². The van der Waals surface area contributed by atoms with Gasteiger partial charge in [-0.25, -0.2) is 4.39 Å². The maximum atomic E-state index is 13.3. The summed E-state index contributed by atoms with van der Waals surface area (Å²) in [6, 6.07) is 2.45. The first kappa shape index (κ1) is 13.4. The predicted octanol–water partition coefficient (Wildman–Crippen LogP) is 1.83. The lowest BCUT2D eigenvalue weighted by Crippen LogP contribution is -2.29. The average Bonchev–Trinajstić information content (AvgIpc) is 2.29. The number of nitrogens with zero attached hydrogens (tertiary/aromatic N) is 2. The highest BCUT2D eigenvalue weighted by molar-refractivity contribution is 5.64. The van der Waals surface area contributed by atoms with Crippen molar-refractivity contribution >= 4 is 11.4 Å². The van der Waals surface area contributed by atoms with Crippen LogP contribution in [0.15, 0.2) is 12.1 Å². The van der Waals surface area contributed by atoms with Crippen molar-refractivity contribution in [1.82, 2.24) is 0 Å². The third-order valence-corrected chi connectivity index (χ3v) is 2.57. The number of hydrogen-bond donors (Lipinski definition) is 1. The maximum absolute atomic E-state index is 13.3. The van der Waals surface area contributed by atoms with E-state index < -0.39 is 10.7 Å². The molecule has 5 nitrogen and oxygen atoms in total. The van der Waals surface area contributed by atoms with Gasteiger partial charge < -0.3 is 10.6 Å². The molecule has 0 amide bonds. The minimum atomic E-state index is -0.572. The van der Waals surface area contributed by atoms with Crippen molar-refractivity contribution in [3.63, 3.8) is 0 Å². The molecule has 0 saturated carbocycles. The predicted molar refractivity (Wildman–Crippen MR) is 64.7 cm³/mol. The first-order valence-corrected chi connectivity index (χ1v) is 5.40. The molecule has 1 rings (SSSR count). The van der Waals surface area contributed by atoms with Gasteiger partial charge in [0.25, 0.3) is 5.69 Å². The molecule has 1 aromatic carbocycles. The summed E-state index contributed by atoms with van der Waals surface area (Å²) in [6.45, 7) is 4.93. The highest BCUT2D eigenvalue weighted by Crippen LogP contribution is 2.30. The Balaban J connectivity index is 3.28. The van der Waals surface area contributed by atoms with Gasteiger partial charge in [-0.2, -0.15) is 0 Å². The van der Waals surface area contributed by atoms with Crippen LogP contribution >= 0.6 is 0 Å². The lowest BCUT2D eigenvalue weighted by Gasteiger charge is -2.22. The van der Waals surface area contributed by atoms with E-state index in [4.69, 9.17) is 5.73 Å². The molecule has 6 heteroatoms. The van der Waals surface area contributed by atoms with Gasteiger partial charge in [-0.3, -0.25) is 10.1 Å². The Kier molecular flexibility index (Phi) is 4.39. The van der Waals surface area contributed by atoms with Crippen molar-refractivity contribution < 1.29 is 9.31 Å². The standard InChI is InChI=1S/C11H16FN3O2/c1-3-14(5-4-13)10-6-8(2)9(12)7-11(10)15(16)17/h6-7H,3-5,13H2,1-2H3. The topological polar surface area (TPSA) is 72.4 Å². The van der Waals surface area contributed by atoms with Crippen LogP contribution in [0.2, 0.25) is 0 Å². The second-order valence-corrected chi connectivity index (χ2v) is 3.72. The monoisotopic (exact) mass is 241 g/mol. The number of nitro groups is 1. The van der Waals surface area contributed by atoms with Crippen LogP contribution in [0.4, 0.5) is 15.8 Å². The van der Waals surface area contributed by atoms with Gasteiger partial charge in [-0.15, -0.1) is 0 Å². The second kappa shape index (κ2) is 5.58. The van der Waals surface area contributed by atoms with Crippen LogP contribution in [0.1, 0.15) is 12.5 Å². The second-order valence-electron chi connectivity index (χ2n) is 3.72. The lowest BCUT2D eigenvalue weighted by molar-refractivity contribution is -0.384. The Labute approximate surface area is 99.2 Å². The zero-order valence-electron chi connectivity index (χ0n) is 9.94. The van der Waals surface area contributed by atoms with Gasteiger partial charge >= 0.3 is 0 Å². The minimum absolute atomic E-state index is 0.219. The van der Waals surface area contributed by atoms with Crippen molar-refractivity contribution in [2.45, 2.75) is 13.8 Å². The van der Waals surface area contributed by atoms with Crippen LogP contribution in [0.5, 0.6) is 0 Å². The largest absolute Gasteiger partial charge is 0.365 e. The molecule has 0 aliphatic heterocycles. The SMILES string of the molecule is CCN(CCN)c1cc(C)c(F)cc1[N+](=O)[O-]. The number of benzene rings is 1. The Morgan fingerprint density at radius 2 is 2.18 bits per heavy atom. The molecule has 0 heterocycles. The van der Waals surface area contributed by atoms with Gasteiger partial charge in [0, 0.05) is 19.6 Å². The molecule has 94 valence electrons. The fourth-order valence-electron chi connectivity index (χ4n) is 1.66. The fourth-order valence-corrected chi connectivity index (χ4v) is 1.66. The zero-order chi connectivity index (χ0) is 13.0. The van der Waals surface area contributed by atoms with Crippen LogP contribution < -0.4 is 10.6 Å². The summed E-state index contributed by atoms with van der Waals surface area (Å²) in [4.78, 5) is 12.1. The molecular weight excluding hydrogens is 225 g/mol. The summed E-state index contributed by atoms with van der Waals surface area (Å²) in [6.07, 6.45) is 0. The Bertz CT molecular complexity index is 423. The van der Waals surface area contributed by atoms with E-state index in [0.717, 1.165) is 6.07 Å². The molecule has 0 aromatic heterocycles. The van der Waals surface area contributed by atoms with Crippen LogP contribution in [0, 0.1) is 22.9 Å². The Morgan fingerprint density at radius 3 is 2.65 bits per heavy atom. The number of nitrogens with two attached hydrogens (primary N) is 1. The van der Waals surface area contributed by atoms with Crippen LogP contribution in [-0.4, -0.2) is 24.6 Å². The minimum Gasteiger partial charge on any atom is -0.365 e. The summed E-state index contributed by atoms with van der Waals surface area (Å²) in [5, 5.41) is 10.9. The van der Waals surface area contributed by atoms with E-state index in [0.29, 0.717) is 30.9 Å². The third-order valence-electron chi connectivity index (χ3n) is 2.57. The number of anilines is 1. The quantitative estimate of drug-likeness (QED) is 0.630. The van der Waals surface area contributed by atoms with E-state index in [1.54, 1.807) is 11.8 Å². The number of likely N-dealkylation sites (N-methyl/N-ethyl adjacent to an activating group) is 1. The molecule has 1 aromatic rings. The van der Waals surface area contributed by atoms with Crippen molar-refractivity contribution in [2.75, 3.05) is 24.5 Å². The van der Waals surface area contributed by atoms with Crippen LogP contribution in [0.3, 0.4) is 0 Å². The molecule has 0 saturated heterocycles. The molecule has 0 fully saturated rings. The number of aryl methyl sites for hydroxylation is 1. The zero-order valence-corrected chi connectivity index (χ0v) is 9.94. The van der Waals surface area contributed by atoms with Gasteiger partial charge in [-0.05, 0) is 25.5 Å². The van der Waals surface area contributed by atoms with Gasteiger partial charge in [0.15, 0.2) is 0 Å². The summed E-state index contributed by atoms with van der Waals surface area (Å²) in [7, 11) is 0. The lowest BCUT2D eigenvalue weighted by atomic mass is 10.1. The van der Waals surface area contributed by atoms with Crippen molar-refractivity contribution in [1.29, 1.82) is 0 Å². The van der Waals surface area contributed by atoms with E-state index in [1.807, 2.05) is 6.92 Å². The molecule has 0 aliphatic rings. The summed E-state index contributed by atoms with van der Waals surface area (Å²) < 4.78 is 13.3. The normalized spacial score (nSPS) is 10.4. The van der Waals surface area contributed by atoms with Crippen LogP contribution in [0.25, 0.3) is 0 Å². The fraction of sp³-hybridized carbons (Fsp3) is 0.455. The number of rotatable bonds is 5. The van der Waals surface area contributed by atoms with Gasteiger partial charge in [-0.1, -0.05) is 0 Å². The van der Waals surface area contributed by atoms with Gasteiger partial charge in [0.2, 0.25) is 0 Å². The Hall–Kier alpha value is -1.69. The van der Waals surface area contributed by atoms with E-state index in [-0.39, 0.29) is 5.69 Å². The van der Waals surface area contributed by atoms with Crippen molar-refractivity contribution in [3.05, 3.63) is 33.6 Å². The highest BCUT2D eigenvalue weighted by Gasteiger charge is 2.20. The van der Waals surface area contributed by atoms with Gasteiger partial charge in [0.05, 0.1) is 11.0 Å². The summed E-state index contributed by atoms with van der Waals surface area (Å²) in [5.41, 5.74) is 6.04. The number of hydrogen-bond acceptors (Lipinski definition) is 4. The number of nitro benzene ring substituents is 1. The Morgan fingerprint density at radius 1 is 1.53 bits per heavy atom. The summed E-state index contributed by atoms with van der Waals surface area (Å²) in [5.74, 6) is -0.566. The molecule has 0 aliphatic carbocycles. The average molecular weight is 241 g/mol.